The molecule has 1 N–H and O–H groups in total. The standard InChI is InChI=1S/C8H14O2/c1-4-5-10-7-8(2,3)6-9/h9H,6-7H2,1-3H3. The van der Waals surface area contributed by atoms with Gasteiger partial charge in [-0.15, -0.1) is 0 Å². The fourth-order valence-electron chi connectivity index (χ4n) is 0.349. The van der Waals surface area contributed by atoms with Crippen LogP contribution in [0, 0.1) is 17.4 Å². The van der Waals surface area contributed by atoms with Gasteiger partial charge < -0.3 is 9.84 Å². The number of hydrogen-bond acceptors (Lipinski definition) is 2. The number of aliphatic hydroxyl groups is 1. The molecular formula is C8H14O2. The molecule has 0 aromatic heterocycles. The normalized spacial score (nSPS) is 10.0. The Morgan fingerprint density at radius 1 is 1.50 bits per heavy atom. The quantitative estimate of drug-likeness (QED) is 0.596. The number of hydrogen-bond donors (Lipinski definition) is 1. The van der Waals surface area contributed by atoms with Crippen molar-refractivity contribution in [2.45, 2.75) is 20.8 Å². The molecule has 0 radical (unpaired) electrons. The summed E-state index contributed by atoms with van der Waals surface area (Å²) in [5, 5.41) is 8.77. The van der Waals surface area contributed by atoms with Crippen molar-refractivity contribution in [2.24, 2.45) is 5.41 Å². The molecule has 2 heteroatoms. The third-order valence-corrected chi connectivity index (χ3v) is 1.07. The summed E-state index contributed by atoms with van der Waals surface area (Å²) in [6.07, 6.45) is 2.48. The van der Waals surface area contributed by atoms with E-state index in [2.05, 4.69) is 12.0 Å². The highest BCUT2D eigenvalue weighted by molar-refractivity contribution is 4.86. The summed E-state index contributed by atoms with van der Waals surface area (Å²) in [5.41, 5.74) is -0.177. The van der Waals surface area contributed by atoms with Crippen molar-refractivity contribution in [3.8, 4) is 12.0 Å². The third-order valence-electron chi connectivity index (χ3n) is 1.07. The molecule has 0 aromatic rings. The third kappa shape index (κ3) is 4.22. The van der Waals surface area contributed by atoms with Crippen LogP contribution in [-0.2, 0) is 4.74 Å². The Bertz CT molecular complexity index is 139. The van der Waals surface area contributed by atoms with Gasteiger partial charge in [0.2, 0.25) is 0 Å². The van der Waals surface area contributed by atoms with Gasteiger partial charge in [0.15, 0.2) is 0 Å². The van der Waals surface area contributed by atoms with Crippen LogP contribution in [0.1, 0.15) is 20.8 Å². The summed E-state index contributed by atoms with van der Waals surface area (Å²) >= 11 is 0. The highest BCUT2D eigenvalue weighted by atomic mass is 16.5. The number of aliphatic hydroxyl groups excluding tert-OH is 1. The summed E-state index contributed by atoms with van der Waals surface area (Å²) < 4.78 is 4.92. The van der Waals surface area contributed by atoms with E-state index in [4.69, 9.17) is 9.84 Å². The second kappa shape index (κ2) is 4.19. The largest absolute Gasteiger partial charge is 0.446 e. The Labute approximate surface area is 62.2 Å². The van der Waals surface area contributed by atoms with Crippen molar-refractivity contribution in [2.75, 3.05) is 13.2 Å². The first-order valence-corrected chi connectivity index (χ1v) is 3.27. The Morgan fingerprint density at radius 2 is 2.10 bits per heavy atom. The molecular weight excluding hydrogens is 128 g/mol. The van der Waals surface area contributed by atoms with Crippen LogP contribution < -0.4 is 0 Å². The zero-order chi connectivity index (χ0) is 8.04. The molecule has 0 rings (SSSR count). The van der Waals surface area contributed by atoms with Crippen molar-refractivity contribution in [3.05, 3.63) is 0 Å². The molecule has 0 saturated carbocycles. The van der Waals surface area contributed by atoms with Gasteiger partial charge in [0, 0.05) is 12.3 Å². The Morgan fingerprint density at radius 3 is 2.50 bits per heavy atom. The van der Waals surface area contributed by atoms with Crippen molar-refractivity contribution < 1.29 is 9.84 Å². The summed E-state index contributed by atoms with van der Waals surface area (Å²) in [6.45, 7) is 6.16. The molecule has 0 atom stereocenters. The summed E-state index contributed by atoms with van der Waals surface area (Å²) in [7, 11) is 0. The fraction of sp³-hybridized carbons (Fsp3) is 0.750. The smallest absolute Gasteiger partial charge is 0.109 e. The van der Waals surface area contributed by atoms with E-state index in [1.807, 2.05) is 13.8 Å². The zero-order valence-electron chi connectivity index (χ0n) is 6.77. The molecule has 10 heavy (non-hydrogen) atoms. The molecule has 0 heterocycles. The van der Waals surface area contributed by atoms with E-state index in [1.165, 1.54) is 0 Å². The zero-order valence-corrected chi connectivity index (χ0v) is 6.77. The first-order chi connectivity index (χ1) is 4.62. The van der Waals surface area contributed by atoms with Gasteiger partial charge in [0.05, 0.1) is 6.61 Å². The maximum atomic E-state index is 8.77. The van der Waals surface area contributed by atoms with Crippen LogP contribution in [0.25, 0.3) is 0 Å². The SMILES string of the molecule is CC#COCC(C)(C)CO. The van der Waals surface area contributed by atoms with E-state index in [0.29, 0.717) is 6.61 Å². The Balaban J connectivity index is 3.53. The Kier molecular flexibility index (Phi) is 3.90. The maximum Gasteiger partial charge on any atom is 0.109 e. The van der Waals surface area contributed by atoms with Crippen molar-refractivity contribution in [3.63, 3.8) is 0 Å². The van der Waals surface area contributed by atoms with Gasteiger partial charge in [-0.25, -0.2) is 0 Å². The number of ether oxygens (including phenoxy) is 1. The van der Waals surface area contributed by atoms with Crippen LogP contribution >= 0.6 is 0 Å². The van der Waals surface area contributed by atoms with E-state index in [9.17, 15) is 0 Å². The molecule has 0 aliphatic rings. The minimum absolute atomic E-state index is 0.123. The van der Waals surface area contributed by atoms with Crippen molar-refractivity contribution in [1.29, 1.82) is 0 Å². The molecule has 0 fully saturated rings. The first kappa shape index (κ1) is 9.32. The van der Waals surface area contributed by atoms with Crippen LogP contribution in [0.3, 0.4) is 0 Å². The first-order valence-electron chi connectivity index (χ1n) is 3.27. The topological polar surface area (TPSA) is 29.5 Å². The van der Waals surface area contributed by atoms with E-state index >= 15 is 0 Å². The summed E-state index contributed by atoms with van der Waals surface area (Å²) in [5.74, 6) is 2.61. The molecule has 0 bridgehead atoms. The Hall–Kier alpha value is -0.680. The molecule has 0 aliphatic heterocycles. The minimum Gasteiger partial charge on any atom is -0.446 e. The minimum atomic E-state index is -0.177. The number of rotatable bonds is 3. The van der Waals surface area contributed by atoms with Crippen LogP contribution in [0.2, 0.25) is 0 Å². The lowest BCUT2D eigenvalue weighted by atomic mass is 9.97. The molecule has 0 aliphatic carbocycles. The van der Waals surface area contributed by atoms with E-state index < -0.39 is 0 Å². The summed E-state index contributed by atoms with van der Waals surface area (Å²) in [4.78, 5) is 0. The highest BCUT2D eigenvalue weighted by Crippen LogP contribution is 2.12. The lowest BCUT2D eigenvalue weighted by Gasteiger charge is -2.18. The average molecular weight is 142 g/mol. The maximum absolute atomic E-state index is 8.77. The van der Waals surface area contributed by atoms with Gasteiger partial charge in [-0.05, 0) is 0 Å². The van der Waals surface area contributed by atoms with E-state index in [1.54, 1.807) is 6.92 Å². The van der Waals surface area contributed by atoms with Crippen molar-refractivity contribution >= 4 is 0 Å². The van der Waals surface area contributed by atoms with Gasteiger partial charge in [-0.2, -0.15) is 0 Å². The molecule has 2 nitrogen and oxygen atoms in total. The van der Waals surface area contributed by atoms with Crippen LogP contribution in [0.15, 0.2) is 0 Å². The second-order valence-electron chi connectivity index (χ2n) is 2.96. The van der Waals surface area contributed by atoms with Crippen LogP contribution in [0.4, 0.5) is 0 Å². The highest BCUT2D eigenvalue weighted by Gasteiger charge is 2.16. The van der Waals surface area contributed by atoms with Crippen molar-refractivity contribution in [1.82, 2.24) is 0 Å². The monoisotopic (exact) mass is 142 g/mol. The molecule has 0 spiro atoms. The summed E-state index contributed by atoms with van der Waals surface area (Å²) in [6, 6.07) is 0. The van der Waals surface area contributed by atoms with Gasteiger partial charge in [-0.1, -0.05) is 19.8 Å². The van der Waals surface area contributed by atoms with Crippen LogP contribution in [-0.4, -0.2) is 18.3 Å². The van der Waals surface area contributed by atoms with Gasteiger partial charge in [0.1, 0.15) is 12.7 Å². The van der Waals surface area contributed by atoms with Gasteiger partial charge in [-0.3, -0.25) is 0 Å². The predicted molar refractivity (Wildman–Crippen MR) is 40.3 cm³/mol. The molecule has 0 aromatic carbocycles. The van der Waals surface area contributed by atoms with E-state index in [0.717, 1.165) is 0 Å². The lowest BCUT2D eigenvalue weighted by molar-refractivity contribution is 0.0837. The van der Waals surface area contributed by atoms with Gasteiger partial charge in [0.25, 0.3) is 0 Å². The molecule has 0 amide bonds. The molecule has 0 unspecified atom stereocenters. The predicted octanol–water partition coefficient (Wildman–Crippen LogP) is 1.00. The fourth-order valence-corrected chi connectivity index (χ4v) is 0.349. The van der Waals surface area contributed by atoms with Gasteiger partial charge >= 0.3 is 0 Å². The lowest BCUT2D eigenvalue weighted by Crippen LogP contribution is -2.22. The molecule has 58 valence electrons. The van der Waals surface area contributed by atoms with Crippen LogP contribution in [0.5, 0.6) is 0 Å². The van der Waals surface area contributed by atoms with E-state index in [-0.39, 0.29) is 12.0 Å². The average Bonchev–Trinajstić information content (AvgIpc) is 1.89. The second-order valence-corrected chi connectivity index (χ2v) is 2.96. The molecule has 0 saturated heterocycles.